The van der Waals surface area contributed by atoms with Crippen LogP contribution in [0.5, 0.6) is 0 Å². The summed E-state index contributed by atoms with van der Waals surface area (Å²) in [5, 5.41) is 8.88. The van der Waals surface area contributed by atoms with Crippen LogP contribution in [-0.2, 0) is 0 Å². The fourth-order valence-electron chi connectivity index (χ4n) is 2.33. The highest BCUT2D eigenvalue weighted by Crippen LogP contribution is 2.26. The van der Waals surface area contributed by atoms with E-state index in [9.17, 15) is 0 Å². The Bertz CT molecular complexity index is 360. The average molecular weight is 250 g/mol. The first-order valence-corrected chi connectivity index (χ1v) is 6.53. The number of hydrogen-bond donors (Lipinski definition) is 1. The molecule has 5 nitrogen and oxygen atoms in total. The van der Waals surface area contributed by atoms with E-state index >= 15 is 0 Å². The van der Waals surface area contributed by atoms with Crippen molar-refractivity contribution in [2.75, 3.05) is 45.2 Å². The Morgan fingerprint density at radius 2 is 1.94 bits per heavy atom. The monoisotopic (exact) mass is 250 g/mol. The Balaban J connectivity index is 1.99. The SMILES string of the molecule is CN1CCC(c2cnc(N(C)CCO)nc2)CC1. The molecule has 0 saturated carbocycles. The van der Waals surface area contributed by atoms with Crippen LogP contribution in [-0.4, -0.2) is 60.3 Å². The molecule has 0 radical (unpaired) electrons. The average Bonchev–Trinajstić information content (AvgIpc) is 2.40. The molecule has 0 aromatic carbocycles. The topological polar surface area (TPSA) is 52.5 Å². The van der Waals surface area contributed by atoms with Crippen LogP contribution in [0, 0.1) is 0 Å². The number of aromatic nitrogens is 2. The van der Waals surface area contributed by atoms with Crippen LogP contribution in [0.2, 0.25) is 0 Å². The lowest BCUT2D eigenvalue weighted by molar-refractivity contribution is 0.255. The van der Waals surface area contributed by atoms with Crippen LogP contribution < -0.4 is 4.90 Å². The molecular weight excluding hydrogens is 228 g/mol. The zero-order chi connectivity index (χ0) is 13.0. The van der Waals surface area contributed by atoms with Gasteiger partial charge >= 0.3 is 0 Å². The van der Waals surface area contributed by atoms with Gasteiger partial charge in [-0.1, -0.05) is 0 Å². The smallest absolute Gasteiger partial charge is 0.225 e. The minimum atomic E-state index is 0.122. The summed E-state index contributed by atoms with van der Waals surface area (Å²) in [6.45, 7) is 2.98. The normalized spacial score (nSPS) is 17.9. The molecule has 2 heterocycles. The molecule has 1 N–H and O–H groups in total. The Morgan fingerprint density at radius 1 is 1.33 bits per heavy atom. The molecular formula is C13H22N4O. The number of hydrogen-bond acceptors (Lipinski definition) is 5. The summed E-state index contributed by atoms with van der Waals surface area (Å²) in [5.74, 6) is 1.28. The van der Waals surface area contributed by atoms with Gasteiger partial charge in [-0.15, -0.1) is 0 Å². The minimum Gasteiger partial charge on any atom is -0.395 e. The number of nitrogens with zero attached hydrogens (tertiary/aromatic N) is 4. The van der Waals surface area contributed by atoms with Gasteiger partial charge in [0.25, 0.3) is 0 Å². The summed E-state index contributed by atoms with van der Waals surface area (Å²) < 4.78 is 0. The van der Waals surface area contributed by atoms with E-state index < -0.39 is 0 Å². The highest BCUT2D eigenvalue weighted by molar-refractivity contribution is 5.29. The second-order valence-electron chi connectivity index (χ2n) is 5.04. The van der Waals surface area contributed by atoms with Crippen LogP contribution >= 0.6 is 0 Å². The fourth-order valence-corrected chi connectivity index (χ4v) is 2.33. The highest BCUT2D eigenvalue weighted by atomic mass is 16.3. The molecule has 1 aliphatic heterocycles. The summed E-state index contributed by atoms with van der Waals surface area (Å²) in [4.78, 5) is 13.0. The summed E-state index contributed by atoms with van der Waals surface area (Å²) in [7, 11) is 4.06. The number of rotatable bonds is 4. The molecule has 0 spiro atoms. The van der Waals surface area contributed by atoms with Crippen molar-refractivity contribution in [2.45, 2.75) is 18.8 Å². The Labute approximate surface area is 108 Å². The first kappa shape index (κ1) is 13.2. The molecule has 1 saturated heterocycles. The number of aliphatic hydroxyl groups is 1. The Morgan fingerprint density at radius 3 is 2.50 bits per heavy atom. The van der Waals surface area contributed by atoms with Crippen LogP contribution in [0.15, 0.2) is 12.4 Å². The molecule has 100 valence electrons. The lowest BCUT2D eigenvalue weighted by Crippen LogP contribution is -2.29. The van der Waals surface area contributed by atoms with E-state index in [0.29, 0.717) is 18.4 Å². The lowest BCUT2D eigenvalue weighted by Gasteiger charge is -2.29. The van der Waals surface area contributed by atoms with Crippen LogP contribution in [0.3, 0.4) is 0 Å². The van der Waals surface area contributed by atoms with Crippen molar-refractivity contribution in [2.24, 2.45) is 0 Å². The van der Waals surface area contributed by atoms with E-state index in [1.807, 2.05) is 24.3 Å². The van der Waals surface area contributed by atoms with Gasteiger partial charge in [-0.05, 0) is 44.5 Å². The molecule has 2 rings (SSSR count). The highest BCUT2D eigenvalue weighted by Gasteiger charge is 2.19. The summed E-state index contributed by atoms with van der Waals surface area (Å²) in [6.07, 6.45) is 6.25. The molecule has 0 atom stereocenters. The van der Waals surface area contributed by atoms with Gasteiger partial charge in [-0.3, -0.25) is 0 Å². The molecule has 1 aromatic heterocycles. The maximum absolute atomic E-state index is 8.88. The van der Waals surface area contributed by atoms with Crippen molar-refractivity contribution >= 4 is 5.95 Å². The Hall–Kier alpha value is -1.20. The van der Waals surface area contributed by atoms with E-state index in [1.54, 1.807) is 0 Å². The van der Waals surface area contributed by atoms with E-state index in [2.05, 4.69) is 21.9 Å². The van der Waals surface area contributed by atoms with Gasteiger partial charge in [-0.2, -0.15) is 0 Å². The quantitative estimate of drug-likeness (QED) is 0.853. The molecule has 0 unspecified atom stereocenters. The minimum absolute atomic E-state index is 0.122. The number of aliphatic hydroxyl groups excluding tert-OH is 1. The summed E-state index contributed by atoms with van der Waals surface area (Å²) in [6, 6.07) is 0. The molecule has 5 heteroatoms. The van der Waals surface area contributed by atoms with Crippen molar-refractivity contribution in [1.29, 1.82) is 0 Å². The first-order chi connectivity index (χ1) is 8.70. The van der Waals surface area contributed by atoms with Crippen LogP contribution in [0.4, 0.5) is 5.95 Å². The van der Waals surface area contributed by atoms with Crippen molar-refractivity contribution in [3.05, 3.63) is 18.0 Å². The van der Waals surface area contributed by atoms with Crippen molar-refractivity contribution in [3.8, 4) is 0 Å². The molecule has 1 fully saturated rings. The van der Waals surface area contributed by atoms with Crippen molar-refractivity contribution in [3.63, 3.8) is 0 Å². The first-order valence-electron chi connectivity index (χ1n) is 6.53. The number of piperidine rings is 1. The zero-order valence-corrected chi connectivity index (χ0v) is 11.2. The van der Waals surface area contributed by atoms with Crippen molar-refractivity contribution in [1.82, 2.24) is 14.9 Å². The summed E-state index contributed by atoms with van der Waals surface area (Å²) >= 11 is 0. The lowest BCUT2D eigenvalue weighted by atomic mass is 9.92. The van der Waals surface area contributed by atoms with Gasteiger partial charge in [0.2, 0.25) is 5.95 Å². The van der Waals surface area contributed by atoms with Gasteiger partial charge in [0.1, 0.15) is 0 Å². The number of likely N-dealkylation sites (tertiary alicyclic amines) is 1. The van der Waals surface area contributed by atoms with Crippen molar-refractivity contribution < 1.29 is 5.11 Å². The predicted molar refractivity (Wildman–Crippen MR) is 71.9 cm³/mol. The van der Waals surface area contributed by atoms with E-state index in [0.717, 1.165) is 13.1 Å². The fraction of sp³-hybridized carbons (Fsp3) is 0.692. The van der Waals surface area contributed by atoms with E-state index in [1.165, 1.54) is 18.4 Å². The standard InChI is InChI=1S/C13H22N4O/c1-16-5-3-11(4-6-16)12-9-14-13(15-10-12)17(2)7-8-18/h9-11,18H,3-8H2,1-2H3. The number of anilines is 1. The third kappa shape index (κ3) is 3.17. The van der Waals surface area contributed by atoms with Gasteiger partial charge in [0.05, 0.1) is 6.61 Å². The molecule has 0 aliphatic carbocycles. The van der Waals surface area contributed by atoms with Gasteiger partial charge < -0.3 is 14.9 Å². The maximum atomic E-state index is 8.88. The molecule has 1 aliphatic rings. The van der Waals surface area contributed by atoms with Gasteiger partial charge in [-0.25, -0.2) is 9.97 Å². The summed E-state index contributed by atoms with van der Waals surface area (Å²) in [5.41, 5.74) is 1.24. The van der Waals surface area contributed by atoms with Gasteiger partial charge in [0.15, 0.2) is 0 Å². The van der Waals surface area contributed by atoms with E-state index in [4.69, 9.17) is 5.11 Å². The molecule has 1 aromatic rings. The van der Waals surface area contributed by atoms with Crippen LogP contribution in [0.1, 0.15) is 24.3 Å². The molecule has 0 bridgehead atoms. The predicted octanol–water partition coefficient (Wildman–Crippen LogP) is 0.714. The van der Waals surface area contributed by atoms with E-state index in [-0.39, 0.29) is 6.61 Å². The van der Waals surface area contributed by atoms with Gasteiger partial charge in [0, 0.05) is 26.0 Å². The Kier molecular flexibility index (Phi) is 4.49. The molecule has 18 heavy (non-hydrogen) atoms. The zero-order valence-electron chi connectivity index (χ0n) is 11.2. The third-order valence-electron chi connectivity index (χ3n) is 3.62. The second kappa shape index (κ2) is 6.11. The van der Waals surface area contributed by atoms with Crippen LogP contribution in [0.25, 0.3) is 0 Å². The molecule has 0 amide bonds. The number of likely N-dealkylation sites (N-methyl/N-ethyl adjacent to an activating group) is 1. The largest absolute Gasteiger partial charge is 0.395 e. The second-order valence-corrected chi connectivity index (χ2v) is 5.04. The third-order valence-corrected chi connectivity index (χ3v) is 3.62. The maximum Gasteiger partial charge on any atom is 0.225 e.